The molecule has 0 spiro atoms. The molecule has 4 rings (SSSR count). The van der Waals surface area contributed by atoms with Gasteiger partial charge in [0.2, 0.25) is 5.91 Å². The molecular weight excluding hydrogens is 338 g/mol. The Morgan fingerprint density at radius 1 is 1.20 bits per heavy atom. The molecule has 0 bridgehead atoms. The fraction of sp³-hybridized carbons (Fsp3) is 0.412. The molecular formula is C17H19N5O2S. The summed E-state index contributed by atoms with van der Waals surface area (Å²) in [5.74, 6) is 0.0740. The monoisotopic (exact) mass is 357 g/mol. The summed E-state index contributed by atoms with van der Waals surface area (Å²) in [7, 11) is 0. The Balaban J connectivity index is 1.43. The molecule has 3 aromatic rings. The quantitative estimate of drug-likeness (QED) is 0.716. The highest BCUT2D eigenvalue weighted by Crippen LogP contribution is 2.29. The van der Waals surface area contributed by atoms with Gasteiger partial charge in [0.05, 0.1) is 16.6 Å². The van der Waals surface area contributed by atoms with Crippen molar-refractivity contribution in [2.24, 2.45) is 0 Å². The summed E-state index contributed by atoms with van der Waals surface area (Å²) in [6.45, 7) is 4.95. The molecule has 1 aliphatic rings. The SMILES string of the molecule is Cc1nonc1CC(=O)N1CCCN(c2nc3ccccc3s2)CC1. The van der Waals surface area contributed by atoms with E-state index in [2.05, 4.69) is 25.9 Å². The first kappa shape index (κ1) is 16.0. The van der Waals surface area contributed by atoms with Crippen LogP contribution in [0.4, 0.5) is 5.13 Å². The van der Waals surface area contributed by atoms with Crippen LogP contribution in [0.5, 0.6) is 0 Å². The number of benzene rings is 1. The molecule has 25 heavy (non-hydrogen) atoms. The van der Waals surface area contributed by atoms with E-state index in [4.69, 9.17) is 4.98 Å². The van der Waals surface area contributed by atoms with Gasteiger partial charge in [-0.15, -0.1) is 0 Å². The van der Waals surface area contributed by atoms with E-state index in [1.54, 1.807) is 18.3 Å². The number of fused-ring (bicyclic) bond motifs is 1. The van der Waals surface area contributed by atoms with Gasteiger partial charge >= 0.3 is 0 Å². The fourth-order valence-corrected chi connectivity index (χ4v) is 4.04. The first-order chi connectivity index (χ1) is 12.2. The third-order valence-electron chi connectivity index (χ3n) is 4.47. The van der Waals surface area contributed by atoms with E-state index in [0.717, 1.165) is 36.7 Å². The van der Waals surface area contributed by atoms with Crippen molar-refractivity contribution in [2.75, 3.05) is 31.1 Å². The molecule has 1 aliphatic heterocycles. The third kappa shape index (κ3) is 3.34. The number of para-hydroxylation sites is 1. The van der Waals surface area contributed by atoms with Gasteiger partial charge in [-0.05, 0) is 25.5 Å². The topological polar surface area (TPSA) is 75.4 Å². The van der Waals surface area contributed by atoms with Crippen LogP contribution in [0.3, 0.4) is 0 Å². The van der Waals surface area contributed by atoms with Crippen LogP contribution in [0.2, 0.25) is 0 Å². The molecule has 0 aliphatic carbocycles. The lowest BCUT2D eigenvalue weighted by Crippen LogP contribution is -2.36. The standard InChI is InChI=1S/C17H19N5O2S/c1-12-14(20-24-19-12)11-16(23)21-7-4-8-22(10-9-21)17-18-13-5-2-3-6-15(13)25-17/h2-3,5-6H,4,7-11H2,1H3. The number of carbonyl (C=O) groups is 1. The number of carbonyl (C=O) groups excluding carboxylic acids is 1. The highest BCUT2D eigenvalue weighted by Gasteiger charge is 2.22. The van der Waals surface area contributed by atoms with Crippen LogP contribution < -0.4 is 4.90 Å². The number of hydrogen-bond acceptors (Lipinski definition) is 7. The van der Waals surface area contributed by atoms with E-state index in [1.807, 2.05) is 23.1 Å². The third-order valence-corrected chi connectivity index (χ3v) is 5.56. The molecule has 0 unspecified atom stereocenters. The zero-order chi connectivity index (χ0) is 17.2. The predicted molar refractivity (Wildman–Crippen MR) is 95.8 cm³/mol. The van der Waals surface area contributed by atoms with E-state index >= 15 is 0 Å². The minimum atomic E-state index is 0.0740. The number of hydrogen-bond donors (Lipinski definition) is 0. The lowest BCUT2D eigenvalue weighted by Gasteiger charge is -2.21. The van der Waals surface area contributed by atoms with Crippen molar-refractivity contribution in [1.29, 1.82) is 0 Å². The average molecular weight is 357 g/mol. The van der Waals surface area contributed by atoms with Crippen molar-refractivity contribution in [1.82, 2.24) is 20.2 Å². The summed E-state index contributed by atoms with van der Waals surface area (Å²) in [6, 6.07) is 8.18. The number of thiazole rings is 1. The van der Waals surface area contributed by atoms with Crippen molar-refractivity contribution in [3.63, 3.8) is 0 Å². The zero-order valence-corrected chi connectivity index (χ0v) is 14.8. The van der Waals surface area contributed by atoms with Crippen LogP contribution in [0.25, 0.3) is 10.2 Å². The molecule has 3 heterocycles. The fourth-order valence-electron chi connectivity index (χ4n) is 3.02. The summed E-state index contributed by atoms with van der Waals surface area (Å²) >= 11 is 1.71. The molecule has 0 radical (unpaired) electrons. The molecule has 0 N–H and O–H groups in total. The minimum absolute atomic E-state index is 0.0740. The molecule has 1 fully saturated rings. The summed E-state index contributed by atoms with van der Waals surface area (Å²) < 4.78 is 5.87. The van der Waals surface area contributed by atoms with Gasteiger partial charge in [-0.3, -0.25) is 4.79 Å². The van der Waals surface area contributed by atoms with Gasteiger partial charge in [-0.2, -0.15) is 0 Å². The lowest BCUT2D eigenvalue weighted by molar-refractivity contribution is -0.130. The first-order valence-corrected chi connectivity index (χ1v) is 9.19. The van der Waals surface area contributed by atoms with Crippen molar-refractivity contribution >= 4 is 32.6 Å². The maximum atomic E-state index is 12.5. The largest absolute Gasteiger partial charge is 0.346 e. The molecule has 130 valence electrons. The van der Waals surface area contributed by atoms with Crippen molar-refractivity contribution in [2.45, 2.75) is 19.8 Å². The van der Waals surface area contributed by atoms with Crippen LogP contribution in [-0.4, -0.2) is 52.3 Å². The first-order valence-electron chi connectivity index (χ1n) is 8.37. The van der Waals surface area contributed by atoms with E-state index in [9.17, 15) is 4.79 Å². The maximum absolute atomic E-state index is 12.5. The van der Waals surface area contributed by atoms with Crippen molar-refractivity contribution in [3.8, 4) is 0 Å². The second-order valence-corrected chi connectivity index (χ2v) is 7.17. The highest BCUT2D eigenvalue weighted by molar-refractivity contribution is 7.22. The Bertz CT molecular complexity index is 857. The minimum Gasteiger partial charge on any atom is -0.346 e. The van der Waals surface area contributed by atoms with Gasteiger partial charge in [0, 0.05) is 26.2 Å². The Labute approximate surface area is 149 Å². The number of rotatable bonds is 3. The predicted octanol–water partition coefficient (Wildman–Crippen LogP) is 2.27. The Morgan fingerprint density at radius 3 is 2.88 bits per heavy atom. The van der Waals surface area contributed by atoms with E-state index < -0.39 is 0 Å². The zero-order valence-electron chi connectivity index (χ0n) is 14.0. The van der Waals surface area contributed by atoms with Crippen LogP contribution in [0.15, 0.2) is 28.9 Å². The lowest BCUT2D eigenvalue weighted by atomic mass is 10.2. The molecule has 7 nitrogen and oxygen atoms in total. The van der Waals surface area contributed by atoms with E-state index in [-0.39, 0.29) is 12.3 Å². The molecule has 1 saturated heterocycles. The molecule has 0 atom stereocenters. The van der Waals surface area contributed by atoms with Crippen LogP contribution in [0, 0.1) is 6.92 Å². The van der Waals surface area contributed by atoms with Gasteiger partial charge < -0.3 is 9.80 Å². The second kappa shape index (κ2) is 6.79. The number of aromatic nitrogens is 3. The van der Waals surface area contributed by atoms with Crippen LogP contribution in [0.1, 0.15) is 17.8 Å². The van der Waals surface area contributed by atoms with Crippen molar-refractivity contribution in [3.05, 3.63) is 35.7 Å². The maximum Gasteiger partial charge on any atom is 0.228 e. The van der Waals surface area contributed by atoms with Crippen LogP contribution >= 0.6 is 11.3 Å². The molecule has 2 aromatic heterocycles. The normalized spacial score (nSPS) is 15.6. The molecule has 1 aromatic carbocycles. The molecule has 0 saturated carbocycles. The summed E-state index contributed by atoms with van der Waals surface area (Å²) in [5, 5.41) is 8.58. The van der Waals surface area contributed by atoms with Gasteiger partial charge in [0.1, 0.15) is 11.4 Å². The number of nitrogens with zero attached hydrogens (tertiary/aromatic N) is 5. The van der Waals surface area contributed by atoms with Gasteiger partial charge in [-0.1, -0.05) is 33.8 Å². The molecule has 1 amide bonds. The Hall–Kier alpha value is -2.48. The van der Waals surface area contributed by atoms with Crippen LogP contribution in [-0.2, 0) is 11.2 Å². The number of aryl methyl sites for hydroxylation is 1. The number of amides is 1. The summed E-state index contributed by atoms with van der Waals surface area (Å²) in [5.41, 5.74) is 2.34. The molecule has 8 heteroatoms. The Kier molecular flexibility index (Phi) is 4.35. The summed E-state index contributed by atoms with van der Waals surface area (Å²) in [6.07, 6.45) is 1.17. The van der Waals surface area contributed by atoms with Gasteiger partial charge in [0.25, 0.3) is 0 Å². The second-order valence-electron chi connectivity index (χ2n) is 6.16. The smallest absolute Gasteiger partial charge is 0.228 e. The van der Waals surface area contributed by atoms with Gasteiger partial charge in [-0.25, -0.2) is 9.61 Å². The Morgan fingerprint density at radius 2 is 2.08 bits per heavy atom. The van der Waals surface area contributed by atoms with Gasteiger partial charge in [0.15, 0.2) is 5.13 Å². The van der Waals surface area contributed by atoms with E-state index in [1.165, 1.54) is 4.70 Å². The van der Waals surface area contributed by atoms with E-state index in [0.29, 0.717) is 17.9 Å². The average Bonchev–Trinajstić information content (AvgIpc) is 3.13. The summed E-state index contributed by atoms with van der Waals surface area (Å²) in [4.78, 5) is 21.5. The highest BCUT2D eigenvalue weighted by atomic mass is 32.1. The number of anilines is 1. The van der Waals surface area contributed by atoms with Crippen molar-refractivity contribution < 1.29 is 9.42 Å².